The molecule has 2 rings (SSSR count). The van der Waals surface area contributed by atoms with E-state index in [-0.39, 0.29) is 6.54 Å². The van der Waals surface area contributed by atoms with Gasteiger partial charge in [-0.3, -0.25) is 4.79 Å². The molecule has 6 nitrogen and oxygen atoms in total. The van der Waals surface area contributed by atoms with Gasteiger partial charge in [0.2, 0.25) is 5.91 Å². The van der Waals surface area contributed by atoms with E-state index in [1.54, 1.807) is 24.3 Å². The Morgan fingerprint density at radius 2 is 1.74 bits per heavy atom. The van der Waals surface area contributed by atoms with Crippen LogP contribution in [0.3, 0.4) is 0 Å². The number of hydrogen-bond donors (Lipinski definition) is 3. The molecule has 6 heteroatoms. The van der Waals surface area contributed by atoms with Crippen LogP contribution in [0.2, 0.25) is 0 Å². The van der Waals surface area contributed by atoms with Crippen molar-refractivity contribution in [3.8, 4) is 5.75 Å². The van der Waals surface area contributed by atoms with Crippen molar-refractivity contribution in [1.29, 1.82) is 0 Å². The van der Waals surface area contributed by atoms with Crippen molar-refractivity contribution in [3.63, 3.8) is 0 Å². The Hall–Kier alpha value is -2.41. The van der Waals surface area contributed by atoms with E-state index in [0.29, 0.717) is 12.4 Å². The van der Waals surface area contributed by atoms with Crippen molar-refractivity contribution in [2.75, 3.05) is 6.61 Å². The predicted molar refractivity (Wildman–Crippen MR) is 84.6 cm³/mol. The first-order valence-electron chi connectivity index (χ1n) is 7.21. The fourth-order valence-corrected chi connectivity index (χ4v) is 2.06. The summed E-state index contributed by atoms with van der Waals surface area (Å²) in [5, 5.41) is 19.6. The molecule has 4 N–H and O–H groups in total. The zero-order valence-electron chi connectivity index (χ0n) is 12.6. The topological polar surface area (TPSA) is 96.0 Å². The van der Waals surface area contributed by atoms with Crippen LogP contribution in [0.25, 0.3) is 0 Å². The first-order chi connectivity index (χ1) is 11.1. The van der Waals surface area contributed by atoms with Gasteiger partial charge in [-0.2, -0.15) is 5.06 Å². The summed E-state index contributed by atoms with van der Waals surface area (Å²) in [6, 6.07) is 15.8. The lowest BCUT2D eigenvalue weighted by Gasteiger charge is -2.21. The molecule has 0 unspecified atom stereocenters. The Balaban J connectivity index is 1.90. The first-order valence-corrected chi connectivity index (χ1v) is 7.21. The van der Waals surface area contributed by atoms with Gasteiger partial charge >= 0.3 is 0 Å². The van der Waals surface area contributed by atoms with E-state index in [9.17, 15) is 10.0 Å². The number of hydrogen-bond acceptors (Lipinski definition) is 5. The SMILES string of the molecule is NC(=O)[C@H](CO)N(O)Cc1ccc(OCc2ccccc2)cc1. The molecule has 0 saturated carbocycles. The second-order valence-electron chi connectivity index (χ2n) is 5.12. The Morgan fingerprint density at radius 3 is 2.30 bits per heavy atom. The minimum absolute atomic E-state index is 0.0765. The van der Waals surface area contributed by atoms with Gasteiger partial charge in [-0.15, -0.1) is 0 Å². The van der Waals surface area contributed by atoms with Gasteiger partial charge < -0.3 is 20.8 Å². The molecule has 23 heavy (non-hydrogen) atoms. The Bertz CT molecular complexity index is 616. The van der Waals surface area contributed by atoms with E-state index in [4.69, 9.17) is 15.6 Å². The largest absolute Gasteiger partial charge is 0.489 e. The summed E-state index contributed by atoms with van der Waals surface area (Å²) in [5.74, 6) is -0.0754. The second-order valence-corrected chi connectivity index (χ2v) is 5.12. The van der Waals surface area contributed by atoms with Crippen LogP contribution in [0.15, 0.2) is 54.6 Å². The zero-order chi connectivity index (χ0) is 16.7. The fourth-order valence-electron chi connectivity index (χ4n) is 2.06. The number of aliphatic hydroxyl groups excluding tert-OH is 1. The van der Waals surface area contributed by atoms with Gasteiger partial charge in [0.1, 0.15) is 18.4 Å². The predicted octanol–water partition coefficient (Wildman–Crippen LogP) is 1.30. The highest BCUT2D eigenvalue weighted by Crippen LogP contribution is 2.15. The normalized spacial score (nSPS) is 12.1. The fraction of sp³-hybridized carbons (Fsp3) is 0.235. The van der Waals surface area contributed by atoms with Crippen LogP contribution >= 0.6 is 0 Å². The molecule has 0 aromatic heterocycles. The van der Waals surface area contributed by atoms with Crippen LogP contribution in [0, 0.1) is 0 Å². The standard InChI is InChI=1S/C17H20N2O4/c18-17(21)16(11-20)19(22)10-13-6-8-15(9-7-13)23-12-14-4-2-1-3-5-14/h1-9,16,20,22H,10-12H2,(H2,18,21)/t16-/m0/s1. The molecular formula is C17H20N2O4. The summed E-state index contributed by atoms with van der Waals surface area (Å²) in [5.41, 5.74) is 6.94. The van der Waals surface area contributed by atoms with Gasteiger partial charge in [0.15, 0.2) is 0 Å². The summed E-state index contributed by atoms with van der Waals surface area (Å²) in [4.78, 5) is 11.1. The molecule has 1 atom stereocenters. The van der Waals surface area contributed by atoms with E-state index in [1.807, 2.05) is 30.3 Å². The van der Waals surface area contributed by atoms with Crippen LogP contribution in [-0.4, -0.2) is 33.9 Å². The van der Waals surface area contributed by atoms with Crippen molar-refractivity contribution >= 4 is 5.91 Å². The van der Waals surface area contributed by atoms with Crippen molar-refractivity contribution in [2.24, 2.45) is 5.73 Å². The van der Waals surface area contributed by atoms with E-state index < -0.39 is 18.6 Å². The number of primary amides is 1. The van der Waals surface area contributed by atoms with E-state index in [1.165, 1.54) is 0 Å². The molecule has 0 aliphatic carbocycles. The molecule has 0 heterocycles. The Labute approximate surface area is 134 Å². The molecule has 0 aliphatic heterocycles. The molecule has 2 aromatic carbocycles. The lowest BCUT2D eigenvalue weighted by atomic mass is 10.2. The maximum absolute atomic E-state index is 11.1. The Kier molecular flexibility index (Phi) is 6.10. The number of nitrogens with zero attached hydrogens (tertiary/aromatic N) is 1. The van der Waals surface area contributed by atoms with Gasteiger partial charge in [-0.05, 0) is 23.3 Å². The maximum atomic E-state index is 11.1. The van der Waals surface area contributed by atoms with Gasteiger partial charge in [0.05, 0.1) is 6.61 Å². The smallest absolute Gasteiger partial charge is 0.239 e. The highest BCUT2D eigenvalue weighted by Gasteiger charge is 2.21. The van der Waals surface area contributed by atoms with Crippen LogP contribution in [-0.2, 0) is 17.9 Å². The lowest BCUT2D eigenvalue weighted by Crippen LogP contribution is -2.45. The number of nitrogens with two attached hydrogens (primary N) is 1. The van der Waals surface area contributed by atoms with E-state index in [0.717, 1.165) is 16.2 Å². The number of amides is 1. The van der Waals surface area contributed by atoms with Crippen molar-refractivity contribution < 1.29 is 19.8 Å². The van der Waals surface area contributed by atoms with Gasteiger partial charge in [0.25, 0.3) is 0 Å². The molecule has 122 valence electrons. The third-order valence-electron chi connectivity index (χ3n) is 3.38. The lowest BCUT2D eigenvalue weighted by molar-refractivity contribution is -0.162. The summed E-state index contributed by atoms with van der Waals surface area (Å²) >= 11 is 0. The van der Waals surface area contributed by atoms with Crippen molar-refractivity contribution in [3.05, 3.63) is 65.7 Å². The second kappa shape index (κ2) is 8.28. The molecule has 0 aliphatic rings. The van der Waals surface area contributed by atoms with Gasteiger partial charge in [-0.25, -0.2) is 0 Å². The van der Waals surface area contributed by atoms with Crippen molar-refractivity contribution in [2.45, 2.75) is 19.2 Å². The molecule has 1 amide bonds. The van der Waals surface area contributed by atoms with Gasteiger partial charge in [0, 0.05) is 6.54 Å². The number of hydroxylamine groups is 2. The van der Waals surface area contributed by atoms with E-state index >= 15 is 0 Å². The molecule has 0 bridgehead atoms. The summed E-state index contributed by atoms with van der Waals surface area (Å²) < 4.78 is 5.67. The van der Waals surface area contributed by atoms with Crippen LogP contribution in [0.5, 0.6) is 5.75 Å². The molecule has 0 radical (unpaired) electrons. The summed E-state index contributed by atoms with van der Waals surface area (Å²) in [7, 11) is 0. The molecule has 0 fully saturated rings. The monoisotopic (exact) mass is 316 g/mol. The summed E-state index contributed by atoms with van der Waals surface area (Å²) in [6.45, 7) is 0.0117. The summed E-state index contributed by atoms with van der Waals surface area (Å²) in [6.07, 6.45) is 0. The molecular weight excluding hydrogens is 296 g/mol. The van der Waals surface area contributed by atoms with Crippen LogP contribution in [0.1, 0.15) is 11.1 Å². The number of carbonyl (C=O) groups excluding carboxylic acids is 1. The average Bonchev–Trinajstić information content (AvgIpc) is 2.55. The highest BCUT2D eigenvalue weighted by atomic mass is 16.5. The van der Waals surface area contributed by atoms with Gasteiger partial charge in [-0.1, -0.05) is 42.5 Å². The number of carbonyl (C=O) groups is 1. The minimum atomic E-state index is -1.12. The van der Waals surface area contributed by atoms with E-state index in [2.05, 4.69) is 0 Å². The van der Waals surface area contributed by atoms with Crippen LogP contribution < -0.4 is 10.5 Å². The number of rotatable bonds is 8. The number of ether oxygens (including phenoxy) is 1. The molecule has 0 saturated heterocycles. The number of aliphatic hydroxyl groups is 1. The Morgan fingerprint density at radius 1 is 1.09 bits per heavy atom. The first kappa shape index (κ1) is 17.0. The average molecular weight is 316 g/mol. The zero-order valence-corrected chi connectivity index (χ0v) is 12.6. The number of benzene rings is 2. The van der Waals surface area contributed by atoms with Crippen molar-refractivity contribution in [1.82, 2.24) is 5.06 Å². The van der Waals surface area contributed by atoms with Crippen LogP contribution in [0.4, 0.5) is 0 Å². The molecule has 0 spiro atoms. The third kappa shape index (κ3) is 5.07. The minimum Gasteiger partial charge on any atom is -0.489 e. The molecule has 2 aromatic rings. The maximum Gasteiger partial charge on any atom is 0.239 e. The quantitative estimate of drug-likeness (QED) is 0.638. The highest BCUT2D eigenvalue weighted by molar-refractivity contribution is 5.79. The third-order valence-corrected chi connectivity index (χ3v) is 3.38.